The van der Waals surface area contributed by atoms with Crippen molar-refractivity contribution in [3.63, 3.8) is 0 Å². The van der Waals surface area contributed by atoms with Gasteiger partial charge in [-0.1, -0.05) is 12.1 Å². The molecule has 2 aromatic carbocycles. The zero-order valence-electron chi connectivity index (χ0n) is 14.9. The fourth-order valence-electron chi connectivity index (χ4n) is 3.19. The molecule has 0 spiro atoms. The number of aromatic nitrogens is 5. The molecule has 4 aromatic rings. The maximum absolute atomic E-state index is 13.7. The third-order valence-corrected chi connectivity index (χ3v) is 4.46. The van der Waals surface area contributed by atoms with Crippen LogP contribution in [-0.2, 0) is 13.5 Å². The summed E-state index contributed by atoms with van der Waals surface area (Å²) in [5.74, 6) is -0.798. The standard InChI is InChI=1S/C16H11F2N3O.C3H5N3/c17-9-3-1-8(2-4-9)12-7-14-15-11(16(22)21-20-14)5-10(18)6-13(15)19-12;1-6-3-4-2-5-6/h1-6,12,19H,7H2,(H,21,22);2-3H,1H3. The van der Waals surface area contributed by atoms with Gasteiger partial charge in [0.2, 0.25) is 0 Å². The summed E-state index contributed by atoms with van der Waals surface area (Å²) in [6.07, 6.45) is 3.66. The summed E-state index contributed by atoms with van der Waals surface area (Å²) in [6.45, 7) is 0. The normalized spacial score (nSPS) is 14.9. The predicted molar refractivity (Wildman–Crippen MR) is 99.8 cm³/mol. The smallest absolute Gasteiger partial charge is 0.272 e. The molecule has 1 unspecified atom stereocenters. The van der Waals surface area contributed by atoms with Gasteiger partial charge >= 0.3 is 0 Å². The number of benzene rings is 2. The first-order valence-corrected chi connectivity index (χ1v) is 8.52. The van der Waals surface area contributed by atoms with Crippen molar-refractivity contribution in [3.05, 3.63) is 82.3 Å². The number of nitrogens with one attached hydrogen (secondary N) is 2. The van der Waals surface area contributed by atoms with Crippen LogP contribution in [0.15, 0.2) is 53.8 Å². The number of H-pyrrole nitrogens is 1. The van der Waals surface area contributed by atoms with E-state index in [2.05, 4.69) is 25.6 Å². The Balaban J connectivity index is 0.000000275. The summed E-state index contributed by atoms with van der Waals surface area (Å²) < 4.78 is 28.4. The summed E-state index contributed by atoms with van der Waals surface area (Å²) in [5.41, 5.74) is 1.68. The van der Waals surface area contributed by atoms with Crippen molar-refractivity contribution < 1.29 is 8.78 Å². The van der Waals surface area contributed by atoms with Gasteiger partial charge in [0.25, 0.3) is 5.56 Å². The molecule has 1 atom stereocenters. The molecule has 0 saturated carbocycles. The number of nitrogens with zero attached hydrogens (tertiary/aromatic N) is 4. The highest BCUT2D eigenvalue weighted by atomic mass is 19.1. The Morgan fingerprint density at radius 3 is 2.57 bits per heavy atom. The second-order valence-electron chi connectivity index (χ2n) is 6.40. The van der Waals surface area contributed by atoms with E-state index >= 15 is 0 Å². The van der Waals surface area contributed by atoms with E-state index in [0.717, 1.165) is 5.56 Å². The number of hydrogen-bond donors (Lipinski definition) is 2. The van der Waals surface area contributed by atoms with Crippen LogP contribution in [0.2, 0.25) is 0 Å². The number of anilines is 1. The van der Waals surface area contributed by atoms with E-state index < -0.39 is 11.4 Å². The van der Waals surface area contributed by atoms with E-state index in [9.17, 15) is 13.6 Å². The van der Waals surface area contributed by atoms with Gasteiger partial charge in [0, 0.05) is 24.5 Å². The van der Waals surface area contributed by atoms with Crippen LogP contribution in [0.1, 0.15) is 17.3 Å². The summed E-state index contributed by atoms with van der Waals surface area (Å²) >= 11 is 0. The Bertz CT molecular complexity index is 1170. The lowest BCUT2D eigenvalue weighted by atomic mass is 9.94. The summed E-state index contributed by atoms with van der Waals surface area (Å²) in [5, 5.41) is 14.3. The van der Waals surface area contributed by atoms with E-state index in [4.69, 9.17) is 0 Å². The lowest BCUT2D eigenvalue weighted by Gasteiger charge is -2.26. The quantitative estimate of drug-likeness (QED) is 0.529. The summed E-state index contributed by atoms with van der Waals surface area (Å²) in [4.78, 5) is 15.5. The lowest BCUT2D eigenvalue weighted by Crippen LogP contribution is -2.23. The van der Waals surface area contributed by atoms with Gasteiger partial charge in [-0.15, -0.1) is 0 Å². The van der Waals surface area contributed by atoms with Crippen LogP contribution in [-0.4, -0.2) is 25.0 Å². The van der Waals surface area contributed by atoms with Crippen molar-refractivity contribution in [2.45, 2.75) is 12.5 Å². The topological polar surface area (TPSA) is 88.5 Å². The van der Waals surface area contributed by atoms with Crippen LogP contribution in [0.4, 0.5) is 14.5 Å². The van der Waals surface area contributed by atoms with E-state index in [1.807, 2.05) is 7.05 Å². The zero-order valence-corrected chi connectivity index (χ0v) is 14.9. The van der Waals surface area contributed by atoms with Crippen LogP contribution >= 0.6 is 0 Å². The van der Waals surface area contributed by atoms with Crippen LogP contribution < -0.4 is 10.9 Å². The average molecular weight is 382 g/mol. The zero-order chi connectivity index (χ0) is 19.7. The molecule has 3 heterocycles. The minimum absolute atomic E-state index is 0.156. The molecule has 9 heteroatoms. The minimum Gasteiger partial charge on any atom is -0.377 e. The van der Waals surface area contributed by atoms with Gasteiger partial charge in [-0.05, 0) is 29.8 Å². The van der Waals surface area contributed by atoms with Gasteiger partial charge < -0.3 is 5.32 Å². The van der Waals surface area contributed by atoms with Crippen molar-refractivity contribution in [1.82, 2.24) is 25.0 Å². The molecule has 0 aliphatic carbocycles. The minimum atomic E-state index is -0.489. The van der Waals surface area contributed by atoms with Crippen LogP contribution in [0, 0.1) is 11.6 Å². The van der Waals surface area contributed by atoms with Crippen molar-refractivity contribution in [2.24, 2.45) is 7.05 Å². The molecule has 0 saturated heterocycles. The molecule has 1 aliphatic rings. The highest BCUT2D eigenvalue weighted by Crippen LogP contribution is 2.35. The molecule has 2 aromatic heterocycles. The first-order valence-electron chi connectivity index (χ1n) is 8.52. The molecular formula is C19H16F2N6O. The van der Waals surface area contributed by atoms with Crippen LogP contribution in [0.5, 0.6) is 0 Å². The maximum atomic E-state index is 13.7. The Morgan fingerprint density at radius 2 is 1.93 bits per heavy atom. The van der Waals surface area contributed by atoms with Gasteiger partial charge in [-0.2, -0.15) is 10.2 Å². The molecule has 0 bridgehead atoms. The third-order valence-electron chi connectivity index (χ3n) is 4.46. The lowest BCUT2D eigenvalue weighted by molar-refractivity contribution is 0.624. The summed E-state index contributed by atoms with van der Waals surface area (Å²) in [6, 6.07) is 8.53. The maximum Gasteiger partial charge on any atom is 0.272 e. The number of halogens is 2. The molecule has 28 heavy (non-hydrogen) atoms. The second kappa shape index (κ2) is 7.18. The van der Waals surface area contributed by atoms with Crippen LogP contribution in [0.25, 0.3) is 10.8 Å². The van der Waals surface area contributed by atoms with Gasteiger partial charge in [-0.3, -0.25) is 9.48 Å². The van der Waals surface area contributed by atoms with Crippen molar-refractivity contribution in [3.8, 4) is 0 Å². The van der Waals surface area contributed by atoms with Crippen molar-refractivity contribution in [2.75, 3.05) is 5.32 Å². The highest BCUT2D eigenvalue weighted by molar-refractivity contribution is 5.96. The molecule has 0 radical (unpaired) electrons. The Labute approximate surface area is 158 Å². The van der Waals surface area contributed by atoms with Crippen LogP contribution in [0.3, 0.4) is 0 Å². The molecule has 2 N–H and O–H groups in total. The van der Waals surface area contributed by atoms with E-state index in [-0.39, 0.29) is 17.2 Å². The number of aromatic amines is 1. The first kappa shape index (κ1) is 17.8. The first-order chi connectivity index (χ1) is 13.5. The molecule has 1 aliphatic heterocycles. The Morgan fingerprint density at radius 1 is 1.14 bits per heavy atom. The molecule has 0 fully saturated rings. The third kappa shape index (κ3) is 3.46. The molecule has 142 valence electrons. The Hall–Kier alpha value is -3.62. The molecule has 5 rings (SSSR count). The predicted octanol–water partition coefficient (Wildman–Crippen LogP) is 2.73. The number of rotatable bonds is 1. The Kier molecular flexibility index (Phi) is 4.56. The van der Waals surface area contributed by atoms with E-state index in [1.165, 1.54) is 30.6 Å². The highest BCUT2D eigenvalue weighted by Gasteiger charge is 2.24. The largest absolute Gasteiger partial charge is 0.377 e. The average Bonchev–Trinajstić information content (AvgIpc) is 3.16. The molecule has 7 nitrogen and oxygen atoms in total. The fourth-order valence-corrected chi connectivity index (χ4v) is 3.19. The van der Waals surface area contributed by atoms with E-state index in [0.29, 0.717) is 23.2 Å². The van der Waals surface area contributed by atoms with E-state index in [1.54, 1.807) is 23.1 Å². The number of aryl methyl sites for hydroxylation is 1. The van der Waals surface area contributed by atoms with Crippen molar-refractivity contribution >= 4 is 16.5 Å². The van der Waals surface area contributed by atoms with Gasteiger partial charge in [0.05, 0.1) is 17.1 Å². The van der Waals surface area contributed by atoms with Gasteiger partial charge in [0.1, 0.15) is 24.3 Å². The number of hydrogen-bond acceptors (Lipinski definition) is 5. The molecule has 0 amide bonds. The van der Waals surface area contributed by atoms with Crippen molar-refractivity contribution in [1.29, 1.82) is 0 Å². The fraction of sp³-hybridized carbons (Fsp3) is 0.158. The SMILES string of the molecule is Cn1cncn1.O=c1[nH]nc2c3c(cc(F)cc13)NC(c1ccc(F)cc1)C2. The van der Waals surface area contributed by atoms with Gasteiger partial charge in [0.15, 0.2) is 0 Å². The second-order valence-corrected chi connectivity index (χ2v) is 6.40. The summed E-state index contributed by atoms with van der Waals surface area (Å²) in [7, 11) is 1.83. The molecular weight excluding hydrogens is 366 g/mol. The monoisotopic (exact) mass is 382 g/mol. The van der Waals surface area contributed by atoms with Gasteiger partial charge in [-0.25, -0.2) is 18.9 Å².